The third-order valence-electron chi connectivity index (χ3n) is 4.13. The normalized spacial score (nSPS) is 18.2. The number of piperidine rings is 1. The molecule has 0 bridgehead atoms. The molecular formula is C16H17F3N4O3. The van der Waals surface area contributed by atoms with E-state index in [4.69, 9.17) is 4.74 Å². The van der Waals surface area contributed by atoms with Gasteiger partial charge >= 0.3 is 12.1 Å². The molecule has 0 radical (unpaired) electrons. The largest absolute Gasteiger partial charge is 0.471 e. The molecule has 0 saturated carbocycles. The van der Waals surface area contributed by atoms with E-state index < -0.39 is 12.1 Å². The van der Waals surface area contributed by atoms with E-state index in [0.717, 1.165) is 12.8 Å². The highest BCUT2D eigenvalue weighted by molar-refractivity contribution is 5.77. The number of carbonyl (C=O) groups is 1. The van der Waals surface area contributed by atoms with Crippen LogP contribution in [0.25, 0.3) is 11.5 Å². The number of hydrogen-bond acceptors (Lipinski definition) is 6. The van der Waals surface area contributed by atoms with Crippen molar-refractivity contribution in [1.29, 1.82) is 0 Å². The third kappa shape index (κ3) is 4.01. The third-order valence-corrected chi connectivity index (χ3v) is 4.13. The van der Waals surface area contributed by atoms with Crippen molar-refractivity contribution in [2.75, 3.05) is 26.8 Å². The number of nitrogens with zero attached hydrogens (tertiary/aromatic N) is 4. The molecule has 1 aliphatic heterocycles. The predicted octanol–water partition coefficient (Wildman–Crippen LogP) is 2.50. The van der Waals surface area contributed by atoms with Gasteiger partial charge in [0, 0.05) is 31.8 Å². The molecule has 1 aliphatic rings. The Morgan fingerprint density at radius 2 is 2.19 bits per heavy atom. The van der Waals surface area contributed by atoms with Crippen molar-refractivity contribution in [3.63, 3.8) is 0 Å². The van der Waals surface area contributed by atoms with E-state index in [9.17, 15) is 18.0 Å². The molecule has 1 atom stereocenters. The number of likely N-dealkylation sites (tertiary alicyclic amines) is 1. The summed E-state index contributed by atoms with van der Waals surface area (Å²) >= 11 is 0. The summed E-state index contributed by atoms with van der Waals surface area (Å²) in [4.78, 5) is 21.5. The highest BCUT2D eigenvalue weighted by atomic mass is 19.4. The molecule has 3 rings (SSSR count). The van der Waals surface area contributed by atoms with Crippen LogP contribution in [0, 0.1) is 0 Å². The molecule has 0 unspecified atom stereocenters. The van der Waals surface area contributed by atoms with Crippen molar-refractivity contribution in [1.82, 2.24) is 20.0 Å². The van der Waals surface area contributed by atoms with Crippen molar-refractivity contribution in [2.24, 2.45) is 0 Å². The number of alkyl halides is 3. The number of pyridine rings is 1. The van der Waals surface area contributed by atoms with E-state index in [0.29, 0.717) is 18.8 Å². The molecule has 0 spiro atoms. The lowest BCUT2D eigenvalue weighted by Gasteiger charge is -2.32. The van der Waals surface area contributed by atoms with Crippen molar-refractivity contribution >= 4 is 5.91 Å². The fourth-order valence-electron chi connectivity index (χ4n) is 2.91. The lowest BCUT2D eigenvalue weighted by Crippen LogP contribution is -2.41. The van der Waals surface area contributed by atoms with Crippen molar-refractivity contribution in [3.05, 3.63) is 29.8 Å². The Morgan fingerprint density at radius 3 is 2.88 bits per heavy atom. The average Bonchev–Trinajstić information content (AvgIpc) is 3.13. The van der Waals surface area contributed by atoms with Gasteiger partial charge < -0.3 is 14.2 Å². The van der Waals surface area contributed by atoms with E-state index in [-0.39, 0.29) is 30.0 Å². The number of rotatable bonds is 4. The zero-order valence-corrected chi connectivity index (χ0v) is 14.0. The first-order valence-electron chi connectivity index (χ1n) is 8.03. The van der Waals surface area contributed by atoms with Crippen LogP contribution in [0.5, 0.6) is 0 Å². The molecule has 26 heavy (non-hydrogen) atoms. The number of methoxy groups -OCH3 is 1. The lowest BCUT2D eigenvalue weighted by molar-refractivity contribution is -0.159. The number of carbonyl (C=O) groups excluding carboxylic acids is 1. The van der Waals surface area contributed by atoms with Gasteiger partial charge in [-0.25, -0.2) is 4.98 Å². The monoisotopic (exact) mass is 370 g/mol. The second kappa shape index (κ2) is 7.40. The number of amides is 1. The molecule has 7 nitrogen and oxygen atoms in total. The van der Waals surface area contributed by atoms with Crippen LogP contribution in [-0.4, -0.2) is 52.7 Å². The van der Waals surface area contributed by atoms with Crippen LogP contribution in [0.4, 0.5) is 13.2 Å². The van der Waals surface area contributed by atoms with Gasteiger partial charge in [-0.05, 0) is 25.0 Å². The maximum absolute atomic E-state index is 12.6. The zero-order chi connectivity index (χ0) is 18.7. The molecular weight excluding hydrogens is 353 g/mol. The summed E-state index contributed by atoms with van der Waals surface area (Å²) in [7, 11) is 1.46. The first-order valence-corrected chi connectivity index (χ1v) is 8.03. The van der Waals surface area contributed by atoms with Gasteiger partial charge in [0.15, 0.2) is 0 Å². The van der Waals surface area contributed by atoms with Gasteiger partial charge in [0.2, 0.25) is 11.7 Å². The summed E-state index contributed by atoms with van der Waals surface area (Å²) in [5.41, 5.74) is 0.873. The minimum atomic E-state index is -4.70. The summed E-state index contributed by atoms with van der Waals surface area (Å²) < 4.78 is 46.9. The number of ether oxygens (including phenoxy) is 1. The minimum Gasteiger partial charge on any atom is -0.375 e. The van der Waals surface area contributed by atoms with Gasteiger partial charge in [0.25, 0.3) is 0 Å². The van der Waals surface area contributed by atoms with E-state index in [1.54, 1.807) is 17.0 Å². The first-order chi connectivity index (χ1) is 12.4. The first kappa shape index (κ1) is 18.3. The molecule has 0 aromatic carbocycles. The Hall–Kier alpha value is -2.49. The molecule has 2 aromatic rings. The Kier molecular flexibility index (Phi) is 5.21. The molecule has 0 aliphatic carbocycles. The van der Waals surface area contributed by atoms with Crippen LogP contribution in [0.3, 0.4) is 0 Å². The second-order valence-corrected chi connectivity index (χ2v) is 5.98. The SMILES string of the molecule is COCC(=O)N1CCC[C@H](c2cccc(-c3noc(C(F)(F)F)n3)n2)C1. The number of halogens is 3. The minimum absolute atomic E-state index is 0.0153. The molecule has 1 fully saturated rings. The maximum Gasteiger partial charge on any atom is 0.471 e. The van der Waals surface area contributed by atoms with Crippen LogP contribution in [0.15, 0.2) is 22.7 Å². The Morgan fingerprint density at radius 1 is 1.38 bits per heavy atom. The van der Waals surface area contributed by atoms with Gasteiger partial charge in [-0.1, -0.05) is 11.2 Å². The highest BCUT2D eigenvalue weighted by Crippen LogP contribution is 2.30. The Labute approximate surface area is 147 Å². The average molecular weight is 370 g/mol. The van der Waals surface area contributed by atoms with E-state index in [1.807, 2.05) is 0 Å². The second-order valence-electron chi connectivity index (χ2n) is 5.98. The van der Waals surface area contributed by atoms with Gasteiger partial charge in [0.05, 0.1) is 0 Å². The highest BCUT2D eigenvalue weighted by Gasteiger charge is 2.38. The van der Waals surface area contributed by atoms with Crippen molar-refractivity contribution in [2.45, 2.75) is 24.9 Å². The summed E-state index contributed by atoms with van der Waals surface area (Å²) in [6.07, 6.45) is -3.06. The number of aromatic nitrogens is 3. The standard InChI is InChI=1S/C16H17F3N4O3/c1-25-9-13(24)23-7-3-4-10(8-23)11-5-2-6-12(20-11)14-21-15(26-22-14)16(17,18)19/h2,5-6,10H,3-4,7-9H2,1H3/t10-/m0/s1. The van der Waals surface area contributed by atoms with Crippen LogP contribution in [0.1, 0.15) is 30.3 Å². The summed E-state index contributed by atoms with van der Waals surface area (Å²) in [5.74, 6) is -1.74. The summed E-state index contributed by atoms with van der Waals surface area (Å²) in [6, 6.07) is 4.98. The van der Waals surface area contributed by atoms with Crippen LogP contribution >= 0.6 is 0 Å². The summed E-state index contributed by atoms with van der Waals surface area (Å²) in [6.45, 7) is 1.15. The predicted molar refractivity (Wildman–Crippen MR) is 83.0 cm³/mol. The van der Waals surface area contributed by atoms with E-state index >= 15 is 0 Å². The van der Waals surface area contributed by atoms with Crippen LogP contribution < -0.4 is 0 Å². The molecule has 0 N–H and O–H groups in total. The molecule has 1 saturated heterocycles. The lowest BCUT2D eigenvalue weighted by atomic mass is 9.94. The van der Waals surface area contributed by atoms with E-state index in [1.165, 1.54) is 13.2 Å². The summed E-state index contributed by atoms with van der Waals surface area (Å²) in [5, 5.41) is 3.36. The van der Waals surface area contributed by atoms with Crippen LogP contribution in [0.2, 0.25) is 0 Å². The fraction of sp³-hybridized carbons (Fsp3) is 0.500. The molecule has 3 heterocycles. The number of hydrogen-bond donors (Lipinski definition) is 0. The topological polar surface area (TPSA) is 81.4 Å². The van der Waals surface area contributed by atoms with Gasteiger partial charge in [-0.15, -0.1) is 0 Å². The van der Waals surface area contributed by atoms with Crippen molar-refractivity contribution < 1.29 is 27.2 Å². The molecule has 1 amide bonds. The van der Waals surface area contributed by atoms with Crippen molar-refractivity contribution in [3.8, 4) is 11.5 Å². The van der Waals surface area contributed by atoms with Gasteiger partial charge in [-0.2, -0.15) is 18.2 Å². The smallest absolute Gasteiger partial charge is 0.375 e. The Bertz CT molecular complexity index is 778. The Balaban J connectivity index is 1.79. The van der Waals surface area contributed by atoms with Crippen LogP contribution in [-0.2, 0) is 15.7 Å². The van der Waals surface area contributed by atoms with Gasteiger partial charge in [0.1, 0.15) is 12.3 Å². The molecule has 140 valence electrons. The quantitative estimate of drug-likeness (QED) is 0.823. The fourth-order valence-corrected chi connectivity index (χ4v) is 2.91. The molecule has 10 heteroatoms. The van der Waals surface area contributed by atoms with Gasteiger partial charge in [-0.3, -0.25) is 4.79 Å². The maximum atomic E-state index is 12.6. The zero-order valence-electron chi connectivity index (χ0n) is 14.0. The van der Waals surface area contributed by atoms with E-state index in [2.05, 4.69) is 19.6 Å². The molecule has 2 aromatic heterocycles.